The molecule has 4 rings (SSSR count). The molecule has 0 saturated carbocycles. The molecule has 0 aliphatic carbocycles. The number of thiophene rings is 1. The number of anilines is 1. The van der Waals surface area contributed by atoms with Gasteiger partial charge in [-0.3, -0.25) is 15.1 Å². The minimum atomic E-state index is -0.438. The van der Waals surface area contributed by atoms with Crippen LogP contribution in [0.4, 0.5) is 10.5 Å². The van der Waals surface area contributed by atoms with E-state index < -0.39 is 12.2 Å². The molecule has 31 heavy (non-hydrogen) atoms. The van der Waals surface area contributed by atoms with Gasteiger partial charge in [0.15, 0.2) is 0 Å². The molecule has 1 aromatic heterocycles. The van der Waals surface area contributed by atoms with Crippen LogP contribution in [-0.4, -0.2) is 68.2 Å². The van der Waals surface area contributed by atoms with Crippen molar-refractivity contribution in [3.05, 3.63) is 51.2 Å². The lowest BCUT2D eigenvalue weighted by Gasteiger charge is -2.29. The van der Waals surface area contributed by atoms with Crippen molar-refractivity contribution in [2.24, 2.45) is 0 Å². The Morgan fingerprint density at radius 2 is 1.94 bits per heavy atom. The molecule has 2 fully saturated rings. The fraction of sp³-hybridized carbons (Fsp3) is 0.381. The zero-order valence-electron chi connectivity index (χ0n) is 16.8. The molecule has 0 bridgehead atoms. The quantitative estimate of drug-likeness (QED) is 0.508. The molecule has 2 aliphatic rings. The third kappa shape index (κ3) is 5.36. The van der Waals surface area contributed by atoms with E-state index >= 15 is 0 Å². The number of ether oxygens (including phenoxy) is 2. The smallest absolute Gasteiger partial charge is 0.414 e. The summed E-state index contributed by atoms with van der Waals surface area (Å²) in [5.41, 5.74) is 1.73. The van der Waals surface area contributed by atoms with Crippen LogP contribution in [0.1, 0.15) is 15.2 Å². The SMILES string of the molecule is N=C(Cc1ccc(N2CC(CNC(=O)c3ccc(Cl)s3)OC2=O)cc1)N1CCOCC1. The third-order valence-electron chi connectivity index (χ3n) is 5.17. The lowest BCUT2D eigenvalue weighted by atomic mass is 10.1. The van der Waals surface area contributed by atoms with Crippen molar-refractivity contribution in [3.8, 4) is 0 Å². The van der Waals surface area contributed by atoms with Gasteiger partial charge >= 0.3 is 6.09 Å². The number of morpholine rings is 1. The van der Waals surface area contributed by atoms with Gasteiger partial charge in [-0.2, -0.15) is 0 Å². The second-order valence-electron chi connectivity index (χ2n) is 7.32. The number of nitrogens with zero attached hydrogens (tertiary/aromatic N) is 2. The van der Waals surface area contributed by atoms with Gasteiger partial charge in [0, 0.05) is 25.2 Å². The summed E-state index contributed by atoms with van der Waals surface area (Å²) in [6.07, 6.45) is -0.333. The van der Waals surface area contributed by atoms with Gasteiger partial charge in [0.05, 0.1) is 35.5 Å². The Labute approximate surface area is 189 Å². The molecule has 2 N–H and O–H groups in total. The number of cyclic esters (lactones) is 1. The topological polar surface area (TPSA) is 95.0 Å². The lowest BCUT2D eigenvalue weighted by molar-refractivity contribution is 0.0670. The van der Waals surface area contributed by atoms with Crippen LogP contribution < -0.4 is 10.2 Å². The van der Waals surface area contributed by atoms with Crippen LogP contribution in [0, 0.1) is 5.41 Å². The summed E-state index contributed by atoms with van der Waals surface area (Å²) in [6, 6.07) is 10.9. The number of carbonyl (C=O) groups is 2. The molecule has 1 aromatic carbocycles. The number of amides is 2. The Bertz CT molecular complexity index is 959. The van der Waals surface area contributed by atoms with E-state index in [-0.39, 0.29) is 12.5 Å². The molecule has 2 aromatic rings. The summed E-state index contributed by atoms with van der Waals surface area (Å²) in [5.74, 6) is 0.331. The second kappa shape index (κ2) is 9.67. The second-order valence-corrected chi connectivity index (χ2v) is 9.03. The predicted octanol–water partition coefficient (Wildman–Crippen LogP) is 3.01. The Balaban J connectivity index is 1.29. The highest BCUT2D eigenvalue weighted by atomic mass is 35.5. The molecule has 0 radical (unpaired) electrons. The fourth-order valence-corrected chi connectivity index (χ4v) is 4.46. The number of carbonyl (C=O) groups excluding carboxylic acids is 2. The number of benzene rings is 1. The first-order valence-electron chi connectivity index (χ1n) is 10.0. The van der Waals surface area contributed by atoms with Crippen LogP contribution in [0.2, 0.25) is 4.34 Å². The Morgan fingerprint density at radius 3 is 2.61 bits per heavy atom. The zero-order chi connectivity index (χ0) is 21.8. The average molecular weight is 463 g/mol. The highest BCUT2D eigenvalue weighted by molar-refractivity contribution is 7.18. The maximum absolute atomic E-state index is 12.3. The van der Waals surface area contributed by atoms with Crippen LogP contribution in [-0.2, 0) is 15.9 Å². The van der Waals surface area contributed by atoms with Gasteiger partial charge in [0.2, 0.25) is 0 Å². The van der Waals surface area contributed by atoms with E-state index in [1.165, 1.54) is 11.3 Å². The number of amidine groups is 1. The van der Waals surface area contributed by atoms with E-state index in [0.29, 0.717) is 41.2 Å². The maximum atomic E-state index is 12.3. The third-order valence-corrected chi connectivity index (χ3v) is 6.40. The Hall–Kier alpha value is -2.62. The van der Waals surface area contributed by atoms with E-state index in [9.17, 15) is 9.59 Å². The highest BCUT2D eigenvalue weighted by Crippen LogP contribution is 2.23. The Kier molecular flexibility index (Phi) is 6.74. The van der Waals surface area contributed by atoms with Crippen LogP contribution in [0.15, 0.2) is 36.4 Å². The van der Waals surface area contributed by atoms with Gasteiger partial charge in [0.25, 0.3) is 5.91 Å². The van der Waals surface area contributed by atoms with Gasteiger partial charge in [-0.1, -0.05) is 23.7 Å². The van der Waals surface area contributed by atoms with Gasteiger partial charge < -0.3 is 19.7 Å². The number of hydrogen-bond donors (Lipinski definition) is 2. The standard InChI is InChI=1S/C21H23ClN4O4S/c22-18-6-5-17(31-18)20(27)24-12-16-13-26(21(28)30-16)15-3-1-14(2-4-15)11-19(23)25-7-9-29-10-8-25/h1-6,16,23H,7-13H2,(H,24,27). The summed E-state index contributed by atoms with van der Waals surface area (Å²) in [6.45, 7) is 3.38. The van der Waals surface area contributed by atoms with Crippen LogP contribution in [0.3, 0.4) is 0 Å². The number of nitrogens with one attached hydrogen (secondary N) is 2. The summed E-state index contributed by atoms with van der Waals surface area (Å²) >= 11 is 7.06. The molecule has 3 heterocycles. The first-order chi connectivity index (χ1) is 15.0. The molecule has 2 amide bonds. The summed E-state index contributed by atoms with van der Waals surface area (Å²) in [5, 5.41) is 11.1. The monoisotopic (exact) mass is 462 g/mol. The van der Waals surface area contributed by atoms with Crippen molar-refractivity contribution in [3.63, 3.8) is 0 Å². The summed E-state index contributed by atoms with van der Waals surface area (Å²) in [4.78, 5) is 28.5. The minimum absolute atomic E-state index is 0.228. The van der Waals surface area contributed by atoms with E-state index in [1.54, 1.807) is 17.0 Å². The van der Waals surface area contributed by atoms with Crippen LogP contribution >= 0.6 is 22.9 Å². The van der Waals surface area contributed by atoms with E-state index in [4.69, 9.17) is 26.5 Å². The molecule has 2 aliphatic heterocycles. The zero-order valence-corrected chi connectivity index (χ0v) is 18.4. The Morgan fingerprint density at radius 1 is 1.19 bits per heavy atom. The van der Waals surface area contributed by atoms with Crippen LogP contribution in [0.5, 0.6) is 0 Å². The molecule has 2 saturated heterocycles. The van der Waals surface area contributed by atoms with Gasteiger partial charge in [0.1, 0.15) is 11.9 Å². The van der Waals surface area contributed by atoms with Crippen molar-refractivity contribution < 1.29 is 19.1 Å². The van der Waals surface area contributed by atoms with Crippen molar-refractivity contribution in [1.82, 2.24) is 10.2 Å². The van der Waals surface area contributed by atoms with Gasteiger partial charge in [-0.05, 0) is 29.8 Å². The van der Waals surface area contributed by atoms with Crippen molar-refractivity contribution in [1.29, 1.82) is 5.41 Å². The van der Waals surface area contributed by atoms with Crippen LogP contribution in [0.25, 0.3) is 0 Å². The minimum Gasteiger partial charge on any atom is -0.442 e. The fourth-order valence-electron chi connectivity index (χ4n) is 3.50. The molecular formula is C21H23ClN4O4S. The number of rotatable bonds is 6. The number of hydrogen-bond acceptors (Lipinski definition) is 6. The summed E-state index contributed by atoms with van der Waals surface area (Å²) in [7, 11) is 0. The maximum Gasteiger partial charge on any atom is 0.414 e. The molecule has 1 atom stereocenters. The molecule has 10 heteroatoms. The molecule has 0 spiro atoms. The van der Waals surface area contributed by atoms with Gasteiger partial charge in [-0.25, -0.2) is 4.79 Å². The first kappa shape index (κ1) is 21.6. The summed E-state index contributed by atoms with van der Waals surface area (Å²) < 4.78 is 11.3. The molecular weight excluding hydrogens is 440 g/mol. The largest absolute Gasteiger partial charge is 0.442 e. The molecule has 1 unspecified atom stereocenters. The normalized spacial score (nSPS) is 18.7. The van der Waals surface area contributed by atoms with E-state index in [1.807, 2.05) is 29.2 Å². The van der Waals surface area contributed by atoms with Crippen molar-refractivity contribution >= 4 is 46.5 Å². The van der Waals surface area contributed by atoms with E-state index in [0.717, 1.165) is 24.3 Å². The number of halogens is 1. The van der Waals surface area contributed by atoms with Crippen molar-refractivity contribution in [2.75, 3.05) is 44.3 Å². The predicted molar refractivity (Wildman–Crippen MR) is 120 cm³/mol. The molecule has 8 nitrogen and oxygen atoms in total. The average Bonchev–Trinajstić information content (AvgIpc) is 3.38. The highest BCUT2D eigenvalue weighted by Gasteiger charge is 2.32. The van der Waals surface area contributed by atoms with Gasteiger partial charge in [-0.15, -0.1) is 11.3 Å². The van der Waals surface area contributed by atoms with E-state index in [2.05, 4.69) is 5.32 Å². The van der Waals surface area contributed by atoms with Crippen molar-refractivity contribution in [2.45, 2.75) is 12.5 Å². The first-order valence-corrected chi connectivity index (χ1v) is 11.2. The molecule has 164 valence electrons. The lowest BCUT2D eigenvalue weighted by Crippen LogP contribution is -2.41.